The average Bonchev–Trinajstić information content (AvgIpc) is 2.76. The Bertz CT molecular complexity index is 865. The third-order valence-electron chi connectivity index (χ3n) is 5.54. The fourth-order valence-electron chi connectivity index (χ4n) is 4.20. The number of phenols is 1. The SMILES string of the molecule is COc1cc(C2N(Cc3ccccc3)CCCN2Cc2ccccc2)ccc1O. The summed E-state index contributed by atoms with van der Waals surface area (Å²) >= 11 is 0. The smallest absolute Gasteiger partial charge is 0.160 e. The molecule has 3 aromatic carbocycles. The van der Waals surface area contributed by atoms with Gasteiger partial charge in [0.15, 0.2) is 11.5 Å². The molecule has 0 spiro atoms. The van der Waals surface area contributed by atoms with Gasteiger partial charge >= 0.3 is 0 Å². The van der Waals surface area contributed by atoms with Gasteiger partial charge in [0.2, 0.25) is 0 Å². The van der Waals surface area contributed by atoms with Crippen LogP contribution in [0.15, 0.2) is 78.9 Å². The van der Waals surface area contributed by atoms with Crippen molar-refractivity contribution >= 4 is 0 Å². The molecule has 4 rings (SSSR count). The van der Waals surface area contributed by atoms with Crippen LogP contribution in [0, 0.1) is 0 Å². The van der Waals surface area contributed by atoms with Crippen LogP contribution in [-0.2, 0) is 13.1 Å². The van der Waals surface area contributed by atoms with Crippen molar-refractivity contribution in [3.8, 4) is 11.5 Å². The first kappa shape index (κ1) is 19.5. The normalized spacial score (nSPS) is 16.0. The number of hydrogen-bond donors (Lipinski definition) is 1. The summed E-state index contributed by atoms with van der Waals surface area (Å²) in [7, 11) is 1.60. The summed E-state index contributed by atoms with van der Waals surface area (Å²) in [6, 6.07) is 27.0. The molecule has 1 saturated heterocycles. The molecule has 1 aliphatic rings. The standard InChI is InChI=1S/C25H28N2O2/c1-29-24-17-22(13-14-23(24)28)25-26(18-20-9-4-2-5-10-20)15-8-16-27(25)19-21-11-6-3-7-12-21/h2-7,9-14,17,25,28H,8,15-16,18-19H2,1H3. The zero-order valence-corrected chi connectivity index (χ0v) is 16.9. The van der Waals surface area contributed by atoms with E-state index in [-0.39, 0.29) is 11.9 Å². The molecule has 150 valence electrons. The van der Waals surface area contributed by atoms with E-state index in [1.807, 2.05) is 12.1 Å². The van der Waals surface area contributed by atoms with E-state index in [0.717, 1.165) is 38.2 Å². The molecule has 1 N–H and O–H groups in total. The molecule has 0 radical (unpaired) electrons. The Morgan fingerprint density at radius 2 is 1.38 bits per heavy atom. The van der Waals surface area contributed by atoms with Crippen molar-refractivity contribution in [1.29, 1.82) is 0 Å². The molecule has 0 bridgehead atoms. The van der Waals surface area contributed by atoms with Crippen LogP contribution < -0.4 is 4.74 Å². The lowest BCUT2D eigenvalue weighted by Gasteiger charge is -2.44. The van der Waals surface area contributed by atoms with Crippen LogP contribution in [0.25, 0.3) is 0 Å². The lowest BCUT2D eigenvalue weighted by molar-refractivity contribution is -0.00921. The Kier molecular flexibility index (Phi) is 6.13. The summed E-state index contributed by atoms with van der Waals surface area (Å²) in [4.78, 5) is 5.04. The van der Waals surface area contributed by atoms with Crippen LogP contribution in [0.1, 0.15) is 29.3 Å². The minimum absolute atomic E-state index is 0.124. The van der Waals surface area contributed by atoms with E-state index in [4.69, 9.17) is 4.74 Å². The number of methoxy groups -OCH3 is 1. The van der Waals surface area contributed by atoms with E-state index >= 15 is 0 Å². The predicted octanol–water partition coefficient (Wildman–Crippen LogP) is 4.81. The molecule has 0 atom stereocenters. The second kappa shape index (κ2) is 9.12. The van der Waals surface area contributed by atoms with Gasteiger partial charge in [0.05, 0.1) is 13.3 Å². The Morgan fingerprint density at radius 3 is 1.90 bits per heavy atom. The first-order chi connectivity index (χ1) is 14.2. The number of benzene rings is 3. The Hall–Kier alpha value is -2.82. The van der Waals surface area contributed by atoms with Crippen LogP contribution in [0.4, 0.5) is 0 Å². The summed E-state index contributed by atoms with van der Waals surface area (Å²) in [6.07, 6.45) is 1.25. The lowest BCUT2D eigenvalue weighted by atomic mass is 10.0. The predicted molar refractivity (Wildman–Crippen MR) is 116 cm³/mol. The maximum atomic E-state index is 10.1. The molecular weight excluding hydrogens is 360 g/mol. The van der Waals surface area contributed by atoms with Gasteiger partial charge in [-0.1, -0.05) is 66.7 Å². The molecule has 0 unspecified atom stereocenters. The largest absolute Gasteiger partial charge is 0.504 e. The van der Waals surface area contributed by atoms with Gasteiger partial charge in [0.25, 0.3) is 0 Å². The maximum Gasteiger partial charge on any atom is 0.160 e. The zero-order chi connectivity index (χ0) is 20.1. The number of hydrogen-bond acceptors (Lipinski definition) is 4. The van der Waals surface area contributed by atoms with Gasteiger partial charge in [-0.15, -0.1) is 0 Å². The van der Waals surface area contributed by atoms with Gasteiger partial charge in [-0.3, -0.25) is 9.80 Å². The number of phenolic OH excluding ortho intramolecular Hbond substituents is 1. The second-order valence-electron chi connectivity index (χ2n) is 7.57. The Labute approximate surface area is 173 Å². The van der Waals surface area contributed by atoms with Crippen molar-refractivity contribution in [2.75, 3.05) is 20.2 Å². The van der Waals surface area contributed by atoms with Crippen LogP contribution in [0.2, 0.25) is 0 Å². The highest BCUT2D eigenvalue weighted by molar-refractivity contribution is 5.42. The highest BCUT2D eigenvalue weighted by atomic mass is 16.5. The molecule has 1 fully saturated rings. The molecule has 0 saturated carbocycles. The molecule has 4 heteroatoms. The third kappa shape index (κ3) is 4.61. The van der Waals surface area contributed by atoms with Crippen LogP contribution in [0.3, 0.4) is 0 Å². The number of ether oxygens (including phenoxy) is 1. The highest BCUT2D eigenvalue weighted by Crippen LogP contribution is 2.36. The van der Waals surface area contributed by atoms with Gasteiger partial charge in [0.1, 0.15) is 0 Å². The number of aromatic hydroxyl groups is 1. The Morgan fingerprint density at radius 1 is 0.828 bits per heavy atom. The van der Waals surface area contributed by atoms with Crippen LogP contribution in [-0.4, -0.2) is 35.1 Å². The quantitative estimate of drug-likeness (QED) is 0.658. The maximum absolute atomic E-state index is 10.1. The lowest BCUT2D eigenvalue weighted by Crippen LogP contribution is -2.46. The summed E-state index contributed by atoms with van der Waals surface area (Å²) < 4.78 is 5.40. The van der Waals surface area contributed by atoms with Gasteiger partial charge in [-0.2, -0.15) is 0 Å². The van der Waals surface area contributed by atoms with E-state index in [1.165, 1.54) is 11.1 Å². The van der Waals surface area contributed by atoms with Crippen molar-refractivity contribution in [3.05, 3.63) is 95.6 Å². The van der Waals surface area contributed by atoms with E-state index < -0.39 is 0 Å². The average molecular weight is 389 g/mol. The third-order valence-corrected chi connectivity index (χ3v) is 5.54. The molecule has 3 aromatic rings. The number of nitrogens with zero attached hydrogens (tertiary/aromatic N) is 2. The van der Waals surface area contributed by atoms with Crippen molar-refractivity contribution in [2.24, 2.45) is 0 Å². The first-order valence-electron chi connectivity index (χ1n) is 10.2. The minimum atomic E-state index is 0.124. The molecule has 1 aliphatic heterocycles. The first-order valence-corrected chi connectivity index (χ1v) is 10.2. The monoisotopic (exact) mass is 388 g/mol. The summed E-state index contributed by atoms with van der Waals surface area (Å²) in [5.74, 6) is 0.698. The molecule has 0 aromatic heterocycles. The molecular formula is C25H28N2O2. The van der Waals surface area contributed by atoms with Crippen molar-refractivity contribution in [2.45, 2.75) is 25.7 Å². The van der Waals surface area contributed by atoms with Gasteiger partial charge in [0, 0.05) is 26.2 Å². The number of rotatable bonds is 6. The Balaban J connectivity index is 1.67. The van der Waals surface area contributed by atoms with Crippen LogP contribution in [0.5, 0.6) is 11.5 Å². The van der Waals surface area contributed by atoms with Gasteiger partial charge in [-0.05, 0) is 35.2 Å². The van der Waals surface area contributed by atoms with Crippen molar-refractivity contribution in [1.82, 2.24) is 9.80 Å². The van der Waals surface area contributed by atoms with Gasteiger partial charge < -0.3 is 9.84 Å². The minimum Gasteiger partial charge on any atom is -0.504 e. The fourth-order valence-corrected chi connectivity index (χ4v) is 4.20. The van der Waals surface area contributed by atoms with Gasteiger partial charge in [-0.25, -0.2) is 0 Å². The molecule has 29 heavy (non-hydrogen) atoms. The fraction of sp³-hybridized carbons (Fsp3) is 0.280. The second-order valence-corrected chi connectivity index (χ2v) is 7.57. The van der Waals surface area contributed by atoms with Crippen LogP contribution >= 0.6 is 0 Å². The highest BCUT2D eigenvalue weighted by Gasteiger charge is 2.31. The van der Waals surface area contributed by atoms with E-state index in [2.05, 4.69) is 70.5 Å². The van der Waals surface area contributed by atoms with Crippen molar-refractivity contribution in [3.63, 3.8) is 0 Å². The van der Waals surface area contributed by atoms with E-state index in [0.29, 0.717) is 5.75 Å². The molecule has 0 aliphatic carbocycles. The topological polar surface area (TPSA) is 35.9 Å². The summed E-state index contributed by atoms with van der Waals surface area (Å²) in [5, 5.41) is 10.1. The molecule has 4 nitrogen and oxygen atoms in total. The van der Waals surface area contributed by atoms with Crippen molar-refractivity contribution < 1.29 is 9.84 Å². The molecule has 0 amide bonds. The van der Waals surface area contributed by atoms with E-state index in [1.54, 1.807) is 13.2 Å². The zero-order valence-electron chi connectivity index (χ0n) is 16.9. The summed E-state index contributed by atoms with van der Waals surface area (Å²) in [6.45, 7) is 3.85. The summed E-state index contributed by atoms with van der Waals surface area (Å²) in [5.41, 5.74) is 3.76. The molecule has 1 heterocycles. The van der Waals surface area contributed by atoms with E-state index in [9.17, 15) is 5.11 Å².